The zero-order valence-corrected chi connectivity index (χ0v) is 12.1. The van der Waals surface area contributed by atoms with E-state index in [-0.39, 0.29) is 11.8 Å². The van der Waals surface area contributed by atoms with Gasteiger partial charge in [-0.25, -0.2) is 5.48 Å². The van der Waals surface area contributed by atoms with Crippen molar-refractivity contribution in [2.45, 2.75) is 19.3 Å². The standard InChI is InChI=1S/C15H21N3O3/c1-16-6-7-17-14(19)11-4-2-10-3-5-12(15(20)18-21)9-13(10)8-11/h3,5,9,11,16,21H,2,4,6-8H2,1H3,(H,17,19)(H,18,20). The number of fused-ring (bicyclic) bond motifs is 1. The van der Waals surface area contributed by atoms with Crippen molar-refractivity contribution in [3.05, 3.63) is 34.9 Å². The molecule has 0 radical (unpaired) electrons. The van der Waals surface area contributed by atoms with E-state index in [2.05, 4.69) is 10.6 Å². The van der Waals surface area contributed by atoms with Crippen LogP contribution in [0.4, 0.5) is 0 Å². The van der Waals surface area contributed by atoms with Crippen LogP contribution in [-0.4, -0.2) is 37.2 Å². The van der Waals surface area contributed by atoms with Gasteiger partial charge in [-0.05, 0) is 49.6 Å². The van der Waals surface area contributed by atoms with Crippen LogP contribution >= 0.6 is 0 Å². The highest BCUT2D eigenvalue weighted by molar-refractivity contribution is 5.93. The lowest BCUT2D eigenvalue weighted by atomic mass is 9.82. The lowest BCUT2D eigenvalue weighted by Crippen LogP contribution is -2.37. The van der Waals surface area contributed by atoms with Crippen molar-refractivity contribution in [3.63, 3.8) is 0 Å². The number of amides is 2. The Bertz CT molecular complexity index is 531. The summed E-state index contributed by atoms with van der Waals surface area (Å²) < 4.78 is 0. The molecule has 1 aliphatic carbocycles. The largest absolute Gasteiger partial charge is 0.355 e. The lowest BCUT2D eigenvalue weighted by molar-refractivity contribution is -0.125. The summed E-state index contributed by atoms with van der Waals surface area (Å²) in [6.45, 7) is 1.36. The quantitative estimate of drug-likeness (QED) is 0.355. The smallest absolute Gasteiger partial charge is 0.274 e. The molecule has 0 aromatic heterocycles. The second kappa shape index (κ2) is 7.19. The molecule has 0 spiro atoms. The molecule has 21 heavy (non-hydrogen) atoms. The van der Waals surface area contributed by atoms with Gasteiger partial charge >= 0.3 is 0 Å². The minimum absolute atomic E-state index is 0.0539. The molecular weight excluding hydrogens is 270 g/mol. The molecule has 1 aromatic rings. The molecule has 0 saturated heterocycles. The normalized spacial score (nSPS) is 17.0. The zero-order valence-electron chi connectivity index (χ0n) is 12.1. The second-order valence-corrected chi connectivity index (χ2v) is 5.26. The summed E-state index contributed by atoms with van der Waals surface area (Å²) in [5, 5.41) is 14.6. The van der Waals surface area contributed by atoms with Crippen LogP contribution in [0.15, 0.2) is 18.2 Å². The van der Waals surface area contributed by atoms with Gasteiger partial charge in [0.25, 0.3) is 5.91 Å². The van der Waals surface area contributed by atoms with Crippen LogP contribution < -0.4 is 16.1 Å². The summed E-state index contributed by atoms with van der Waals surface area (Å²) in [4.78, 5) is 23.5. The maximum atomic E-state index is 12.1. The fraction of sp³-hybridized carbons (Fsp3) is 0.467. The van der Waals surface area contributed by atoms with Crippen molar-refractivity contribution in [1.29, 1.82) is 0 Å². The predicted octanol–water partition coefficient (Wildman–Crippen LogP) is 0.246. The third-order valence-corrected chi connectivity index (χ3v) is 3.84. The number of hydrogen-bond acceptors (Lipinski definition) is 4. The van der Waals surface area contributed by atoms with Gasteiger partial charge in [-0.1, -0.05) is 6.07 Å². The van der Waals surface area contributed by atoms with Crippen molar-refractivity contribution < 1.29 is 14.8 Å². The van der Waals surface area contributed by atoms with Crippen molar-refractivity contribution in [3.8, 4) is 0 Å². The van der Waals surface area contributed by atoms with Gasteiger partial charge in [0.05, 0.1) is 0 Å². The number of carbonyl (C=O) groups is 2. The van der Waals surface area contributed by atoms with Crippen molar-refractivity contribution >= 4 is 11.8 Å². The van der Waals surface area contributed by atoms with Crippen LogP contribution in [0.2, 0.25) is 0 Å². The van der Waals surface area contributed by atoms with Gasteiger partial charge in [0.15, 0.2) is 0 Å². The molecule has 6 heteroatoms. The van der Waals surface area contributed by atoms with Gasteiger partial charge in [-0.15, -0.1) is 0 Å². The Kier molecular flexibility index (Phi) is 5.30. The van der Waals surface area contributed by atoms with E-state index in [4.69, 9.17) is 5.21 Å². The van der Waals surface area contributed by atoms with E-state index in [1.54, 1.807) is 17.6 Å². The lowest BCUT2D eigenvalue weighted by Gasteiger charge is -2.24. The van der Waals surface area contributed by atoms with Crippen molar-refractivity contribution in [2.75, 3.05) is 20.1 Å². The Morgan fingerprint density at radius 3 is 2.81 bits per heavy atom. The maximum absolute atomic E-state index is 12.1. The van der Waals surface area contributed by atoms with Crippen LogP contribution in [-0.2, 0) is 17.6 Å². The number of rotatable bonds is 5. The molecule has 2 amide bonds. The summed E-state index contributed by atoms with van der Waals surface area (Å²) >= 11 is 0. The number of likely N-dealkylation sites (N-methyl/N-ethyl adjacent to an activating group) is 1. The van der Waals surface area contributed by atoms with Gasteiger partial charge in [0.2, 0.25) is 5.91 Å². The first-order chi connectivity index (χ1) is 10.2. The minimum Gasteiger partial charge on any atom is -0.355 e. The Morgan fingerprint density at radius 2 is 2.10 bits per heavy atom. The number of carbonyl (C=O) groups excluding carboxylic acids is 2. The molecule has 0 fully saturated rings. The van der Waals surface area contributed by atoms with Crippen LogP contribution in [0, 0.1) is 5.92 Å². The van der Waals surface area contributed by atoms with Gasteiger partial charge in [-0.2, -0.15) is 0 Å². The predicted molar refractivity (Wildman–Crippen MR) is 78.1 cm³/mol. The third-order valence-electron chi connectivity index (χ3n) is 3.84. The van der Waals surface area contributed by atoms with Crippen LogP contribution in [0.1, 0.15) is 27.9 Å². The summed E-state index contributed by atoms with van der Waals surface area (Å²) in [6, 6.07) is 5.35. The molecule has 0 bridgehead atoms. The summed E-state index contributed by atoms with van der Waals surface area (Å²) in [5.74, 6) is -0.520. The highest BCUT2D eigenvalue weighted by atomic mass is 16.5. The molecule has 1 atom stereocenters. The Hall–Kier alpha value is -1.92. The average molecular weight is 291 g/mol. The Balaban J connectivity index is 2.04. The monoisotopic (exact) mass is 291 g/mol. The van der Waals surface area contributed by atoms with Crippen molar-refractivity contribution in [1.82, 2.24) is 16.1 Å². The number of aryl methyl sites for hydroxylation is 1. The fourth-order valence-corrected chi connectivity index (χ4v) is 2.64. The average Bonchev–Trinajstić information content (AvgIpc) is 2.53. The van der Waals surface area contributed by atoms with E-state index in [0.717, 1.165) is 24.9 Å². The van der Waals surface area contributed by atoms with Crippen LogP contribution in [0.5, 0.6) is 0 Å². The van der Waals surface area contributed by atoms with E-state index in [1.165, 1.54) is 5.56 Å². The topological polar surface area (TPSA) is 90.5 Å². The fourth-order valence-electron chi connectivity index (χ4n) is 2.64. The summed E-state index contributed by atoms with van der Waals surface area (Å²) in [7, 11) is 1.84. The Morgan fingerprint density at radius 1 is 1.29 bits per heavy atom. The number of benzene rings is 1. The molecule has 1 aromatic carbocycles. The first-order valence-corrected chi connectivity index (χ1v) is 7.14. The molecule has 4 N–H and O–H groups in total. The molecule has 6 nitrogen and oxygen atoms in total. The SMILES string of the molecule is CNCCNC(=O)C1CCc2ccc(C(=O)NO)cc2C1. The molecule has 114 valence electrons. The molecule has 1 unspecified atom stereocenters. The van der Waals surface area contributed by atoms with E-state index >= 15 is 0 Å². The number of nitrogens with one attached hydrogen (secondary N) is 3. The van der Waals surface area contributed by atoms with E-state index in [1.807, 2.05) is 13.1 Å². The molecule has 0 saturated carbocycles. The first kappa shape index (κ1) is 15.5. The summed E-state index contributed by atoms with van der Waals surface area (Å²) in [6.07, 6.45) is 2.29. The van der Waals surface area contributed by atoms with Crippen LogP contribution in [0.3, 0.4) is 0 Å². The first-order valence-electron chi connectivity index (χ1n) is 7.14. The minimum atomic E-state index is -0.529. The molecular formula is C15H21N3O3. The maximum Gasteiger partial charge on any atom is 0.274 e. The van der Waals surface area contributed by atoms with Crippen LogP contribution in [0.25, 0.3) is 0 Å². The summed E-state index contributed by atoms with van der Waals surface area (Å²) in [5.41, 5.74) is 4.22. The number of hydrogen-bond donors (Lipinski definition) is 4. The molecule has 0 aliphatic heterocycles. The van der Waals surface area contributed by atoms with E-state index in [9.17, 15) is 9.59 Å². The second-order valence-electron chi connectivity index (χ2n) is 5.26. The van der Waals surface area contributed by atoms with E-state index in [0.29, 0.717) is 18.5 Å². The molecule has 0 heterocycles. The number of hydroxylamine groups is 1. The highest BCUT2D eigenvalue weighted by Crippen LogP contribution is 2.26. The molecule has 1 aliphatic rings. The third kappa shape index (κ3) is 3.80. The highest BCUT2D eigenvalue weighted by Gasteiger charge is 2.25. The van der Waals surface area contributed by atoms with E-state index < -0.39 is 5.91 Å². The Labute approximate surface area is 123 Å². The van der Waals surface area contributed by atoms with Crippen molar-refractivity contribution in [2.24, 2.45) is 5.92 Å². The van der Waals surface area contributed by atoms with Gasteiger partial charge in [-0.3, -0.25) is 14.8 Å². The van der Waals surface area contributed by atoms with Gasteiger partial charge in [0, 0.05) is 24.6 Å². The van der Waals surface area contributed by atoms with Gasteiger partial charge < -0.3 is 10.6 Å². The molecule has 2 rings (SSSR count). The van der Waals surface area contributed by atoms with Gasteiger partial charge in [0.1, 0.15) is 0 Å². The zero-order chi connectivity index (χ0) is 15.2.